The number of halogens is 1. The molecule has 0 bridgehead atoms. The zero-order valence-corrected chi connectivity index (χ0v) is 11.5. The molecule has 2 N–H and O–H groups in total. The minimum Gasteiger partial charge on any atom is -0.489 e. The van der Waals surface area contributed by atoms with Crippen molar-refractivity contribution in [1.82, 2.24) is 10.1 Å². The van der Waals surface area contributed by atoms with Crippen LogP contribution in [0.15, 0.2) is 40.7 Å². The van der Waals surface area contributed by atoms with Gasteiger partial charge >= 0.3 is 0 Å². The molecule has 1 aromatic carbocycles. The van der Waals surface area contributed by atoms with Crippen molar-refractivity contribution in [2.45, 2.75) is 18.8 Å². The Morgan fingerprint density at radius 2 is 2.14 bits per heavy atom. The normalized spacial score (nSPS) is 15.2. The molecule has 0 atom stereocenters. The van der Waals surface area contributed by atoms with E-state index in [4.69, 9.17) is 15.0 Å². The highest BCUT2D eigenvalue weighted by atomic mass is 19.1. The second-order valence-corrected chi connectivity index (χ2v) is 5.02. The Kier molecular flexibility index (Phi) is 3.96. The van der Waals surface area contributed by atoms with Crippen molar-refractivity contribution in [1.29, 1.82) is 0 Å². The third-order valence-electron chi connectivity index (χ3n) is 3.32. The van der Waals surface area contributed by atoms with Crippen LogP contribution in [0, 0.1) is 0 Å². The van der Waals surface area contributed by atoms with Gasteiger partial charge in [-0.25, -0.2) is 4.39 Å². The summed E-state index contributed by atoms with van der Waals surface area (Å²) in [6.07, 6.45) is 2.73. The Morgan fingerprint density at radius 1 is 1.38 bits per heavy atom. The SMILES string of the molecule is NC/C(=C\F)COc1ccc(-c2noc(C3CC3)n2)cc1. The lowest BCUT2D eigenvalue weighted by Crippen LogP contribution is -2.10. The summed E-state index contributed by atoms with van der Waals surface area (Å²) >= 11 is 0. The van der Waals surface area contributed by atoms with Crippen LogP contribution in [-0.4, -0.2) is 23.3 Å². The molecule has 1 fully saturated rings. The maximum Gasteiger partial charge on any atom is 0.230 e. The first-order chi connectivity index (χ1) is 10.3. The van der Waals surface area contributed by atoms with Gasteiger partial charge in [0.25, 0.3) is 0 Å². The van der Waals surface area contributed by atoms with Crippen LogP contribution in [0.2, 0.25) is 0 Å². The fourth-order valence-corrected chi connectivity index (χ4v) is 1.86. The van der Waals surface area contributed by atoms with Crippen molar-refractivity contribution in [3.05, 3.63) is 42.1 Å². The van der Waals surface area contributed by atoms with Crippen molar-refractivity contribution in [2.75, 3.05) is 13.2 Å². The highest BCUT2D eigenvalue weighted by molar-refractivity contribution is 5.55. The summed E-state index contributed by atoms with van der Waals surface area (Å²) in [6.45, 7) is 0.280. The van der Waals surface area contributed by atoms with Gasteiger partial charge in [-0.05, 0) is 37.1 Å². The molecule has 0 aliphatic heterocycles. The van der Waals surface area contributed by atoms with Crippen molar-refractivity contribution in [2.24, 2.45) is 5.73 Å². The van der Waals surface area contributed by atoms with E-state index in [1.165, 1.54) is 0 Å². The van der Waals surface area contributed by atoms with Crippen LogP contribution < -0.4 is 10.5 Å². The average Bonchev–Trinajstić information content (AvgIpc) is 3.26. The van der Waals surface area contributed by atoms with Crippen LogP contribution in [0.5, 0.6) is 5.75 Å². The van der Waals surface area contributed by atoms with E-state index in [9.17, 15) is 4.39 Å². The van der Waals surface area contributed by atoms with E-state index >= 15 is 0 Å². The maximum absolute atomic E-state index is 12.4. The van der Waals surface area contributed by atoms with Crippen LogP contribution >= 0.6 is 0 Å². The Labute approximate surface area is 121 Å². The smallest absolute Gasteiger partial charge is 0.230 e. The molecule has 0 amide bonds. The fourth-order valence-electron chi connectivity index (χ4n) is 1.86. The predicted octanol–water partition coefficient (Wildman–Crippen LogP) is 2.80. The summed E-state index contributed by atoms with van der Waals surface area (Å²) in [6, 6.07) is 7.26. The summed E-state index contributed by atoms with van der Waals surface area (Å²) in [4.78, 5) is 4.38. The summed E-state index contributed by atoms with van der Waals surface area (Å²) < 4.78 is 23.0. The first-order valence-electron chi connectivity index (χ1n) is 6.85. The number of hydrogen-bond acceptors (Lipinski definition) is 5. The standard InChI is InChI=1S/C15H16FN3O2/c16-7-10(8-17)9-20-13-5-3-11(4-6-13)14-18-15(21-19-14)12-1-2-12/h3-7,12H,1-2,8-9,17H2/b10-7+. The molecule has 1 aromatic heterocycles. The van der Waals surface area contributed by atoms with E-state index in [0.29, 0.717) is 35.3 Å². The minimum absolute atomic E-state index is 0.139. The number of benzene rings is 1. The summed E-state index contributed by atoms with van der Waals surface area (Å²) in [5.41, 5.74) is 6.63. The molecule has 5 nitrogen and oxygen atoms in total. The third kappa shape index (κ3) is 3.28. The molecule has 0 spiro atoms. The van der Waals surface area contributed by atoms with Crippen LogP contribution in [-0.2, 0) is 0 Å². The fraction of sp³-hybridized carbons (Fsp3) is 0.333. The van der Waals surface area contributed by atoms with Gasteiger partial charge in [-0.2, -0.15) is 4.98 Å². The largest absolute Gasteiger partial charge is 0.489 e. The van der Waals surface area contributed by atoms with E-state index in [-0.39, 0.29) is 13.2 Å². The second-order valence-electron chi connectivity index (χ2n) is 5.02. The van der Waals surface area contributed by atoms with Crippen LogP contribution in [0.1, 0.15) is 24.7 Å². The Bertz CT molecular complexity index is 633. The quantitative estimate of drug-likeness (QED) is 0.885. The van der Waals surface area contributed by atoms with E-state index in [0.717, 1.165) is 18.4 Å². The number of hydrogen-bond donors (Lipinski definition) is 1. The lowest BCUT2D eigenvalue weighted by Gasteiger charge is -2.07. The predicted molar refractivity (Wildman–Crippen MR) is 75.4 cm³/mol. The van der Waals surface area contributed by atoms with Gasteiger partial charge in [0, 0.05) is 23.6 Å². The molecule has 1 aliphatic carbocycles. The van der Waals surface area contributed by atoms with E-state index < -0.39 is 0 Å². The zero-order valence-electron chi connectivity index (χ0n) is 11.5. The molecule has 1 heterocycles. The molecule has 1 aliphatic rings. The molecule has 1 saturated carbocycles. The molecule has 0 unspecified atom stereocenters. The lowest BCUT2D eigenvalue weighted by atomic mass is 10.2. The zero-order chi connectivity index (χ0) is 14.7. The molecule has 0 radical (unpaired) electrons. The molecular formula is C15H16FN3O2. The summed E-state index contributed by atoms with van der Waals surface area (Å²) in [5.74, 6) is 2.37. The maximum atomic E-state index is 12.4. The lowest BCUT2D eigenvalue weighted by molar-refractivity contribution is 0.347. The molecule has 0 saturated heterocycles. The number of rotatable bonds is 6. The summed E-state index contributed by atoms with van der Waals surface area (Å²) in [7, 11) is 0. The van der Waals surface area contributed by atoms with Gasteiger partial charge in [0.15, 0.2) is 0 Å². The topological polar surface area (TPSA) is 74.2 Å². The number of ether oxygens (including phenoxy) is 1. The van der Waals surface area contributed by atoms with Gasteiger partial charge in [-0.1, -0.05) is 5.16 Å². The molecule has 6 heteroatoms. The van der Waals surface area contributed by atoms with Crippen molar-refractivity contribution in [3.8, 4) is 17.1 Å². The van der Waals surface area contributed by atoms with Crippen molar-refractivity contribution in [3.63, 3.8) is 0 Å². The van der Waals surface area contributed by atoms with E-state index in [2.05, 4.69) is 10.1 Å². The van der Waals surface area contributed by atoms with Gasteiger partial charge in [-0.3, -0.25) is 0 Å². The molecule has 3 rings (SSSR count). The Hall–Kier alpha value is -2.21. The van der Waals surface area contributed by atoms with Crippen molar-refractivity contribution < 1.29 is 13.7 Å². The van der Waals surface area contributed by atoms with Crippen LogP contribution in [0.4, 0.5) is 4.39 Å². The van der Waals surface area contributed by atoms with Gasteiger partial charge in [0.2, 0.25) is 11.7 Å². The van der Waals surface area contributed by atoms with E-state index in [1.807, 2.05) is 12.1 Å². The highest BCUT2D eigenvalue weighted by Gasteiger charge is 2.29. The Morgan fingerprint density at radius 3 is 2.76 bits per heavy atom. The Balaban J connectivity index is 1.65. The van der Waals surface area contributed by atoms with Gasteiger partial charge in [0.05, 0.1) is 6.33 Å². The summed E-state index contributed by atoms with van der Waals surface area (Å²) in [5, 5.41) is 3.98. The number of aromatic nitrogens is 2. The first-order valence-corrected chi connectivity index (χ1v) is 6.85. The van der Waals surface area contributed by atoms with Gasteiger partial charge < -0.3 is 15.0 Å². The van der Waals surface area contributed by atoms with Crippen molar-refractivity contribution >= 4 is 0 Å². The molecule has 2 aromatic rings. The third-order valence-corrected chi connectivity index (χ3v) is 3.32. The first kappa shape index (κ1) is 13.8. The molecule has 21 heavy (non-hydrogen) atoms. The average molecular weight is 289 g/mol. The van der Waals surface area contributed by atoms with Crippen LogP contribution in [0.3, 0.4) is 0 Å². The van der Waals surface area contributed by atoms with Gasteiger partial charge in [0.1, 0.15) is 12.4 Å². The van der Waals surface area contributed by atoms with E-state index in [1.54, 1.807) is 12.1 Å². The monoisotopic (exact) mass is 289 g/mol. The molecular weight excluding hydrogens is 273 g/mol. The van der Waals surface area contributed by atoms with Crippen LogP contribution in [0.25, 0.3) is 11.4 Å². The number of nitrogens with zero attached hydrogens (tertiary/aromatic N) is 2. The molecule has 110 valence electrons. The van der Waals surface area contributed by atoms with Gasteiger partial charge in [-0.15, -0.1) is 0 Å². The number of nitrogens with two attached hydrogens (primary N) is 1. The minimum atomic E-state index is 0.139. The highest BCUT2D eigenvalue weighted by Crippen LogP contribution is 2.39. The second kappa shape index (κ2) is 6.05.